The lowest BCUT2D eigenvalue weighted by molar-refractivity contribution is -0.129. The zero-order chi connectivity index (χ0) is 14.6. The van der Waals surface area contributed by atoms with Crippen molar-refractivity contribution in [1.82, 2.24) is 14.9 Å². The minimum absolute atomic E-state index is 0.00506. The molecule has 1 N–H and O–H groups in total. The number of imidazole rings is 1. The average Bonchev–Trinajstić information content (AvgIpc) is 2.91. The Morgan fingerprint density at radius 1 is 1.45 bits per heavy atom. The van der Waals surface area contributed by atoms with Gasteiger partial charge >= 0.3 is 0 Å². The molecule has 5 heteroatoms. The first-order valence-corrected chi connectivity index (χ1v) is 7.30. The van der Waals surface area contributed by atoms with E-state index in [1.807, 2.05) is 10.8 Å². The van der Waals surface area contributed by atoms with E-state index >= 15 is 0 Å². The van der Waals surface area contributed by atoms with Crippen LogP contribution in [0.1, 0.15) is 33.6 Å². The van der Waals surface area contributed by atoms with Gasteiger partial charge in [0.1, 0.15) is 0 Å². The van der Waals surface area contributed by atoms with Gasteiger partial charge in [0.25, 0.3) is 0 Å². The topological polar surface area (TPSA) is 56.2 Å². The van der Waals surface area contributed by atoms with Crippen LogP contribution < -0.4 is 5.32 Å². The number of aromatic nitrogens is 2. The lowest BCUT2D eigenvalue weighted by Gasteiger charge is -2.33. The number of nitrogens with zero attached hydrogens (tertiary/aromatic N) is 2. The van der Waals surface area contributed by atoms with Crippen molar-refractivity contribution in [2.24, 2.45) is 11.3 Å². The molecule has 1 aromatic rings. The maximum absolute atomic E-state index is 12.4. The Hall–Kier alpha value is -1.36. The summed E-state index contributed by atoms with van der Waals surface area (Å²) in [4.78, 5) is 16.5. The highest BCUT2D eigenvalue weighted by atomic mass is 16.5. The highest BCUT2D eigenvalue weighted by Gasteiger charge is 2.30. The maximum atomic E-state index is 12.4. The van der Waals surface area contributed by atoms with E-state index in [-0.39, 0.29) is 23.3 Å². The quantitative estimate of drug-likeness (QED) is 0.915. The van der Waals surface area contributed by atoms with Crippen LogP contribution in [0.25, 0.3) is 0 Å². The third-order valence-corrected chi connectivity index (χ3v) is 3.91. The standard InChI is InChI=1S/C15H25N3O2/c1-15(2,3)13(10-18-7-6-16-11-18)17-14(19)12-4-8-20-9-5-12/h6-7,11-13H,4-5,8-10H2,1-3H3,(H,17,19)/t13-/m1/s1. The van der Waals surface area contributed by atoms with E-state index in [4.69, 9.17) is 4.74 Å². The molecule has 1 atom stereocenters. The van der Waals surface area contributed by atoms with Crippen LogP contribution in [0.15, 0.2) is 18.7 Å². The van der Waals surface area contributed by atoms with Gasteiger partial charge in [-0.2, -0.15) is 0 Å². The second-order valence-corrected chi connectivity index (χ2v) is 6.57. The second kappa shape index (κ2) is 6.39. The molecule has 0 radical (unpaired) electrons. The average molecular weight is 279 g/mol. The first-order chi connectivity index (χ1) is 9.47. The van der Waals surface area contributed by atoms with Crippen molar-refractivity contribution >= 4 is 5.91 Å². The minimum atomic E-state index is 0.00506. The SMILES string of the molecule is CC(C)(C)[C@@H](Cn1ccnc1)NC(=O)C1CCOCC1. The Labute approximate surface area is 120 Å². The van der Waals surface area contributed by atoms with Gasteiger partial charge in [0.15, 0.2) is 0 Å². The van der Waals surface area contributed by atoms with E-state index in [2.05, 4.69) is 31.1 Å². The van der Waals surface area contributed by atoms with Crippen LogP contribution in [0.2, 0.25) is 0 Å². The highest BCUT2D eigenvalue weighted by molar-refractivity contribution is 5.79. The number of rotatable bonds is 4. The fraction of sp³-hybridized carbons (Fsp3) is 0.733. The van der Waals surface area contributed by atoms with E-state index < -0.39 is 0 Å². The summed E-state index contributed by atoms with van der Waals surface area (Å²) >= 11 is 0. The molecular formula is C15H25N3O2. The zero-order valence-electron chi connectivity index (χ0n) is 12.6. The predicted octanol–water partition coefficient (Wildman–Crippen LogP) is 1.84. The molecule has 5 nitrogen and oxygen atoms in total. The molecule has 2 heterocycles. The third kappa shape index (κ3) is 4.07. The van der Waals surface area contributed by atoms with Gasteiger partial charge in [0, 0.05) is 38.1 Å². The van der Waals surface area contributed by atoms with Crippen molar-refractivity contribution in [2.75, 3.05) is 13.2 Å². The van der Waals surface area contributed by atoms with Crippen molar-refractivity contribution in [2.45, 2.75) is 46.2 Å². The van der Waals surface area contributed by atoms with Crippen molar-refractivity contribution in [3.8, 4) is 0 Å². The number of hydrogen-bond acceptors (Lipinski definition) is 3. The van der Waals surface area contributed by atoms with Crippen molar-refractivity contribution in [1.29, 1.82) is 0 Å². The molecule has 1 fully saturated rings. The fourth-order valence-corrected chi connectivity index (χ4v) is 2.39. The Morgan fingerprint density at radius 2 is 2.15 bits per heavy atom. The Kier molecular flexibility index (Phi) is 4.81. The maximum Gasteiger partial charge on any atom is 0.223 e. The first kappa shape index (κ1) is 15.0. The van der Waals surface area contributed by atoms with Crippen LogP contribution in [0.5, 0.6) is 0 Å². The molecule has 0 aliphatic carbocycles. The van der Waals surface area contributed by atoms with E-state index in [1.54, 1.807) is 12.5 Å². The van der Waals surface area contributed by atoms with Crippen LogP contribution >= 0.6 is 0 Å². The molecular weight excluding hydrogens is 254 g/mol. The third-order valence-electron chi connectivity index (χ3n) is 3.91. The van der Waals surface area contributed by atoms with E-state index in [9.17, 15) is 4.79 Å². The Balaban J connectivity index is 1.98. The number of nitrogens with one attached hydrogen (secondary N) is 1. The molecule has 0 unspecified atom stereocenters. The van der Waals surface area contributed by atoms with E-state index in [0.717, 1.165) is 19.4 Å². The van der Waals surface area contributed by atoms with E-state index in [1.165, 1.54) is 0 Å². The van der Waals surface area contributed by atoms with Gasteiger partial charge < -0.3 is 14.6 Å². The lowest BCUT2D eigenvalue weighted by Crippen LogP contribution is -2.49. The van der Waals surface area contributed by atoms with Gasteiger partial charge in [-0.3, -0.25) is 4.79 Å². The van der Waals surface area contributed by atoms with Gasteiger partial charge in [-0.25, -0.2) is 4.98 Å². The molecule has 0 spiro atoms. The lowest BCUT2D eigenvalue weighted by atomic mass is 9.85. The Bertz CT molecular complexity index is 417. The summed E-state index contributed by atoms with van der Waals surface area (Å²) in [5.74, 6) is 0.254. The number of ether oxygens (including phenoxy) is 1. The first-order valence-electron chi connectivity index (χ1n) is 7.30. The molecule has 0 saturated carbocycles. The number of amides is 1. The molecule has 112 valence electrons. The number of hydrogen-bond donors (Lipinski definition) is 1. The predicted molar refractivity (Wildman–Crippen MR) is 77.2 cm³/mol. The van der Waals surface area contributed by atoms with Crippen molar-refractivity contribution < 1.29 is 9.53 Å². The number of carbonyl (C=O) groups excluding carboxylic acids is 1. The summed E-state index contributed by atoms with van der Waals surface area (Å²) in [6, 6.07) is 0.0899. The van der Waals surface area contributed by atoms with Crippen LogP contribution in [-0.2, 0) is 16.1 Å². The minimum Gasteiger partial charge on any atom is -0.381 e. The zero-order valence-corrected chi connectivity index (χ0v) is 12.6. The summed E-state index contributed by atoms with van der Waals surface area (Å²) in [7, 11) is 0. The normalized spacial score (nSPS) is 18.8. The molecule has 1 saturated heterocycles. The molecule has 0 aromatic carbocycles. The Morgan fingerprint density at radius 3 is 2.70 bits per heavy atom. The molecule has 0 bridgehead atoms. The number of carbonyl (C=O) groups is 1. The fourth-order valence-electron chi connectivity index (χ4n) is 2.39. The van der Waals surface area contributed by atoms with Gasteiger partial charge in [-0.1, -0.05) is 20.8 Å². The summed E-state index contributed by atoms with van der Waals surface area (Å²) in [6.45, 7) is 8.59. The molecule has 1 aliphatic rings. The highest BCUT2D eigenvalue weighted by Crippen LogP contribution is 2.22. The van der Waals surface area contributed by atoms with Crippen LogP contribution in [-0.4, -0.2) is 34.7 Å². The summed E-state index contributed by atoms with van der Waals surface area (Å²) in [6.07, 6.45) is 7.14. The van der Waals surface area contributed by atoms with E-state index in [0.29, 0.717) is 13.2 Å². The van der Waals surface area contributed by atoms with Crippen molar-refractivity contribution in [3.63, 3.8) is 0 Å². The molecule has 1 amide bonds. The van der Waals surface area contributed by atoms with Gasteiger partial charge in [0.2, 0.25) is 5.91 Å². The smallest absolute Gasteiger partial charge is 0.223 e. The van der Waals surface area contributed by atoms with Gasteiger partial charge in [0.05, 0.1) is 12.4 Å². The second-order valence-electron chi connectivity index (χ2n) is 6.57. The summed E-state index contributed by atoms with van der Waals surface area (Å²) < 4.78 is 7.33. The molecule has 20 heavy (non-hydrogen) atoms. The largest absolute Gasteiger partial charge is 0.381 e. The van der Waals surface area contributed by atoms with Gasteiger partial charge in [-0.05, 0) is 18.3 Å². The summed E-state index contributed by atoms with van der Waals surface area (Å²) in [5.41, 5.74) is 0.00506. The molecule has 1 aromatic heterocycles. The van der Waals surface area contributed by atoms with Crippen LogP contribution in [0.4, 0.5) is 0 Å². The molecule has 2 rings (SSSR count). The monoisotopic (exact) mass is 279 g/mol. The molecule has 1 aliphatic heterocycles. The van der Waals surface area contributed by atoms with Gasteiger partial charge in [-0.15, -0.1) is 0 Å². The van der Waals surface area contributed by atoms with Crippen LogP contribution in [0, 0.1) is 11.3 Å². The van der Waals surface area contributed by atoms with Crippen molar-refractivity contribution in [3.05, 3.63) is 18.7 Å². The van der Waals surface area contributed by atoms with Crippen LogP contribution in [0.3, 0.4) is 0 Å². The summed E-state index contributed by atoms with van der Waals surface area (Å²) in [5, 5.41) is 3.22.